The van der Waals surface area contributed by atoms with Gasteiger partial charge >= 0.3 is 12.0 Å². The lowest BCUT2D eigenvalue weighted by atomic mass is 9.73. The summed E-state index contributed by atoms with van der Waals surface area (Å²) in [4.78, 5) is 52.1. The molecular weight excluding hydrogens is 386 g/mol. The summed E-state index contributed by atoms with van der Waals surface area (Å²) in [7, 11) is 1.63. The number of aryl methyl sites for hydroxylation is 1. The van der Waals surface area contributed by atoms with Gasteiger partial charge in [0, 0.05) is 13.6 Å². The zero-order valence-corrected chi connectivity index (χ0v) is 17.8. The predicted octanol–water partition coefficient (Wildman–Crippen LogP) is 2.00. The van der Waals surface area contributed by atoms with Gasteiger partial charge in [0.1, 0.15) is 12.1 Å². The molecule has 8 heteroatoms. The number of rotatable bonds is 6. The van der Waals surface area contributed by atoms with Gasteiger partial charge < -0.3 is 15.0 Å². The number of imide groups is 1. The van der Waals surface area contributed by atoms with Gasteiger partial charge in [-0.15, -0.1) is 0 Å². The number of hydrogen-bond donors (Lipinski definition) is 1. The van der Waals surface area contributed by atoms with Gasteiger partial charge in [0.25, 0.3) is 11.8 Å². The van der Waals surface area contributed by atoms with Crippen LogP contribution in [0.4, 0.5) is 4.79 Å². The van der Waals surface area contributed by atoms with Crippen LogP contribution in [0.15, 0.2) is 24.3 Å². The van der Waals surface area contributed by atoms with Gasteiger partial charge in [0.15, 0.2) is 6.61 Å². The minimum absolute atomic E-state index is 0.0143. The Morgan fingerprint density at radius 2 is 2.00 bits per heavy atom. The van der Waals surface area contributed by atoms with Crippen molar-refractivity contribution in [3.8, 4) is 0 Å². The van der Waals surface area contributed by atoms with Gasteiger partial charge in [-0.3, -0.25) is 19.3 Å². The second kappa shape index (κ2) is 8.85. The quantitative estimate of drug-likeness (QED) is 0.566. The number of urea groups is 1. The normalized spacial score (nSPS) is 23.4. The highest BCUT2D eigenvalue weighted by Gasteiger charge is 2.55. The van der Waals surface area contributed by atoms with Crippen LogP contribution >= 0.6 is 0 Å². The second-order valence-corrected chi connectivity index (χ2v) is 8.28. The monoisotopic (exact) mass is 415 g/mol. The van der Waals surface area contributed by atoms with E-state index in [1.807, 2.05) is 38.1 Å². The van der Waals surface area contributed by atoms with E-state index in [4.69, 9.17) is 4.74 Å². The van der Waals surface area contributed by atoms with Crippen LogP contribution in [0, 0.1) is 12.8 Å². The molecule has 1 aromatic carbocycles. The third-order valence-electron chi connectivity index (χ3n) is 6.24. The zero-order chi connectivity index (χ0) is 21.9. The molecule has 1 aliphatic heterocycles. The molecule has 1 N–H and O–H groups in total. The number of nitrogens with zero attached hydrogens (tertiary/aromatic N) is 2. The molecule has 162 valence electrons. The average molecular weight is 415 g/mol. The fourth-order valence-corrected chi connectivity index (χ4v) is 4.20. The van der Waals surface area contributed by atoms with E-state index in [-0.39, 0.29) is 17.7 Å². The summed E-state index contributed by atoms with van der Waals surface area (Å²) in [5.74, 6) is -1.50. The molecule has 0 radical (unpaired) electrons. The maximum atomic E-state index is 12.9. The minimum atomic E-state index is -0.917. The van der Waals surface area contributed by atoms with Crippen molar-refractivity contribution in [2.45, 2.75) is 51.6 Å². The molecule has 0 unspecified atom stereocenters. The fourth-order valence-electron chi connectivity index (χ4n) is 4.20. The maximum Gasteiger partial charge on any atom is 0.326 e. The third-order valence-corrected chi connectivity index (χ3v) is 6.24. The number of ether oxygens (including phenoxy) is 1. The molecule has 0 bridgehead atoms. The molecule has 2 fully saturated rings. The summed E-state index contributed by atoms with van der Waals surface area (Å²) in [5, 5.41) is 2.79. The number of amides is 4. The van der Waals surface area contributed by atoms with E-state index in [0.717, 1.165) is 35.3 Å². The summed E-state index contributed by atoms with van der Waals surface area (Å²) in [6.45, 7) is 3.38. The average Bonchev–Trinajstić information content (AvgIpc) is 2.95. The third kappa shape index (κ3) is 4.32. The number of nitrogens with one attached hydrogen (secondary N) is 1. The molecule has 2 atom stereocenters. The van der Waals surface area contributed by atoms with Crippen molar-refractivity contribution in [1.29, 1.82) is 0 Å². The van der Waals surface area contributed by atoms with Gasteiger partial charge in [0.2, 0.25) is 0 Å². The van der Waals surface area contributed by atoms with E-state index in [9.17, 15) is 19.2 Å². The fraction of sp³-hybridized carbons (Fsp3) is 0.545. The molecule has 0 aromatic heterocycles. The van der Waals surface area contributed by atoms with Crippen molar-refractivity contribution in [3.05, 3.63) is 35.4 Å². The summed E-state index contributed by atoms with van der Waals surface area (Å²) in [5.41, 5.74) is 1.16. The first kappa shape index (κ1) is 21.8. The predicted molar refractivity (Wildman–Crippen MR) is 109 cm³/mol. The zero-order valence-electron chi connectivity index (χ0n) is 17.8. The highest BCUT2D eigenvalue weighted by Crippen LogP contribution is 2.38. The summed E-state index contributed by atoms with van der Waals surface area (Å²) in [6, 6.07) is 7.15. The molecule has 4 amide bonds. The number of hydrogen-bond acceptors (Lipinski definition) is 5. The van der Waals surface area contributed by atoms with Crippen molar-refractivity contribution in [2.75, 3.05) is 20.2 Å². The largest absolute Gasteiger partial charge is 0.454 e. The van der Waals surface area contributed by atoms with Gasteiger partial charge in [-0.05, 0) is 36.8 Å². The first-order valence-electron chi connectivity index (χ1n) is 10.3. The number of benzene rings is 1. The van der Waals surface area contributed by atoms with Crippen molar-refractivity contribution >= 4 is 23.8 Å². The number of carbonyl (C=O) groups excluding carboxylic acids is 4. The molecule has 1 spiro atoms. The Bertz CT molecular complexity index is 855. The standard InChI is InChI=1S/C22H29N3O5/c1-15-8-4-5-10-17(15)12-24(3)18(26)14-30-19(27)13-25-20(28)22(23-21(25)29)11-7-6-9-16(22)2/h4-5,8,10,16H,6-7,9,11-14H2,1-3H3,(H,23,29)/t16-,22+/m1/s1. The van der Waals surface area contributed by atoms with Gasteiger partial charge in [-0.1, -0.05) is 44.0 Å². The molecule has 1 aromatic rings. The minimum Gasteiger partial charge on any atom is -0.454 e. The van der Waals surface area contributed by atoms with Crippen molar-refractivity contribution < 1.29 is 23.9 Å². The highest BCUT2D eigenvalue weighted by atomic mass is 16.5. The van der Waals surface area contributed by atoms with Crippen molar-refractivity contribution in [2.24, 2.45) is 5.92 Å². The molecule has 1 saturated heterocycles. The molecule has 30 heavy (non-hydrogen) atoms. The van der Waals surface area contributed by atoms with Crippen LogP contribution in [0.5, 0.6) is 0 Å². The Balaban J connectivity index is 1.52. The van der Waals surface area contributed by atoms with E-state index < -0.39 is 30.7 Å². The Morgan fingerprint density at radius 3 is 2.70 bits per heavy atom. The SMILES string of the molecule is Cc1ccccc1CN(C)C(=O)COC(=O)CN1C(=O)N[C@]2(CCCC[C@H]2C)C1=O. The lowest BCUT2D eigenvalue weighted by molar-refractivity contribution is -0.153. The lowest BCUT2D eigenvalue weighted by Gasteiger charge is -2.36. The van der Waals surface area contributed by atoms with E-state index in [2.05, 4.69) is 5.32 Å². The van der Waals surface area contributed by atoms with E-state index >= 15 is 0 Å². The first-order chi connectivity index (χ1) is 14.2. The molecule has 2 aliphatic rings. The molecular formula is C22H29N3O5. The number of likely N-dealkylation sites (N-methyl/N-ethyl adjacent to an activating group) is 1. The van der Waals surface area contributed by atoms with Crippen LogP contribution in [0.2, 0.25) is 0 Å². The molecule has 3 rings (SSSR count). The van der Waals surface area contributed by atoms with Gasteiger partial charge in [-0.2, -0.15) is 0 Å². The topological polar surface area (TPSA) is 96.0 Å². The van der Waals surface area contributed by atoms with E-state index in [1.165, 1.54) is 4.90 Å². The van der Waals surface area contributed by atoms with Crippen molar-refractivity contribution in [3.63, 3.8) is 0 Å². The summed E-state index contributed by atoms with van der Waals surface area (Å²) >= 11 is 0. The van der Waals surface area contributed by atoms with Crippen LogP contribution in [0.3, 0.4) is 0 Å². The van der Waals surface area contributed by atoms with Crippen molar-refractivity contribution in [1.82, 2.24) is 15.1 Å². The molecule has 1 saturated carbocycles. The Hall–Kier alpha value is -2.90. The number of esters is 1. The Kier molecular flexibility index (Phi) is 6.43. The van der Waals surface area contributed by atoms with Gasteiger partial charge in [0.05, 0.1) is 0 Å². The highest BCUT2D eigenvalue weighted by molar-refractivity contribution is 6.09. The molecule has 8 nitrogen and oxygen atoms in total. The lowest BCUT2D eigenvalue weighted by Crippen LogP contribution is -2.54. The second-order valence-electron chi connectivity index (χ2n) is 8.28. The van der Waals surface area contributed by atoms with E-state index in [1.54, 1.807) is 7.05 Å². The van der Waals surface area contributed by atoms with Crippen LogP contribution in [-0.2, 0) is 25.7 Å². The Morgan fingerprint density at radius 1 is 1.27 bits per heavy atom. The molecule has 1 heterocycles. The van der Waals surface area contributed by atoms with E-state index in [0.29, 0.717) is 13.0 Å². The smallest absolute Gasteiger partial charge is 0.326 e. The van der Waals surface area contributed by atoms with Gasteiger partial charge in [-0.25, -0.2) is 4.79 Å². The van der Waals surface area contributed by atoms with Crippen LogP contribution < -0.4 is 5.32 Å². The number of carbonyl (C=O) groups is 4. The van der Waals surface area contributed by atoms with Crippen LogP contribution in [0.1, 0.15) is 43.7 Å². The summed E-state index contributed by atoms with van der Waals surface area (Å²) < 4.78 is 5.05. The van der Waals surface area contributed by atoms with Crippen LogP contribution in [0.25, 0.3) is 0 Å². The van der Waals surface area contributed by atoms with Crippen LogP contribution in [-0.4, -0.2) is 59.4 Å². The molecule has 1 aliphatic carbocycles. The Labute approximate surface area is 176 Å². The maximum absolute atomic E-state index is 12.9. The summed E-state index contributed by atoms with van der Waals surface area (Å²) in [6.07, 6.45) is 3.31. The first-order valence-corrected chi connectivity index (χ1v) is 10.3.